The molecule has 0 atom stereocenters. The average molecular weight is 405 g/mol. The largest absolute Gasteiger partial charge is 0.493 e. The molecule has 0 bridgehead atoms. The molecule has 0 radical (unpaired) electrons. The first-order chi connectivity index (χ1) is 13.4. The molecule has 7 heteroatoms. The summed E-state index contributed by atoms with van der Waals surface area (Å²) in [5, 5.41) is 9.98. The number of aromatic nitrogens is 1. The second kappa shape index (κ2) is 10.3. The molecule has 2 aromatic rings. The van der Waals surface area contributed by atoms with Crippen molar-refractivity contribution in [3.63, 3.8) is 0 Å². The highest BCUT2D eigenvalue weighted by Gasteiger charge is 2.17. The van der Waals surface area contributed by atoms with Gasteiger partial charge in [0.25, 0.3) is 0 Å². The summed E-state index contributed by atoms with van der Waals surface area (Å²) in [5.41, 5.74) is 2.31. The van der Waals surface area contributed by atoms with Crippen LogP contribution < -0.4 is 20.1 Å². The quantitative estimate of drug-likeness (QED) is 0.518. The van der Waals surface area contributed by atoms with Crippen LogP contribution in [0, 0.1) is 0 Å². The standard InChI is InChI=1S/C21H32N4O2S/c1-7-22-20(23-11-10-19-25-18(14-28-19)21(2,3)4)24-13-15-8-9-16(26-5)17(12-15)27-6/h8-9,12,14H,7,10-11,13H2,1-6H3,(H2,22,23,24). The maximum absolute atomic E-state index is 5.36. The van der Waals surface area contributed by atoms with Gasteiger partial charge in [-0.05, 0) is 24.6 Å². The number of ether oxygens (including phenoxy) is 2. The number of methoxy groups -OCH3 is 2. The molecule has 0 unspecified atom stereocenters. The molecule has 1 aromatic carbocycles. The fraction of sp³-hybridized carbons (Fsp3) is 0.524. The van der Waals surface area contributed by atoms with Gasteiger partial charge in [-0.2, -0.15) is 0 Å². The van der Waals surface area contributed by atoms with Crippen molar-refractivity contribution >= 4 is 17.3 Å². The number of benzene rings is 1. The Kier molecular flexibility index (Phi) is 8.11. The number of hydrogen-bond donors (Lipinski definition) is 2. The topological polar surface area (TPSA) is 67.8 Å². The third-order valence-electron chi connectivity index (χ3n) is 4.16. The first-order valence-corrected chi connectivity index (χ1v) is 10.4. The van der Waals surface area contributed by atoms with Crippen molar-refractivity contribution in [2.45, 2.75) is 46.1 Å². The lowest BCUT2D eigenvalue weighted by Gasteiger charge is -2.14. The van der Waals surface area contributed by atoms with Gasteiger partial charge in [-0.15, -0.1) is 11.3 Å². The van der Waals surface area contributed by atoms with Crippen molar-refractivity contribution in [1.29, 1.82) is 0 Å². The van der Waals surface area contributed by atoms with Gasteiger partial charge in [-0.3, -0.25) is 0 Å². The van der Waals surface area contributed by atoms with E-state index in [2.05, 4.69) is 48.7 Å². The first-order valence-electron chi connectivity index (χ1n) is 9.55. The number of aliphatic imine (C=N–C) groups is 1. The molecule has 2 rings (SSSR count). The third-order valence-corrected chi connectivity index (χ3v) is 5.07. The van der Waals surface area contributed by atoms with Crippen LogP contribution in [0.4, 0.5) is 0 Å². The van der Waals surface area contributed by atoms with Gasteiger partial charge < -0.3 is 20.1 Å². The molecule has 0 aliphatic heterocycles. The third kappa shape index (κ3) is 6.41. The van der Waals surface area contributed by atoms with Crippen molar-refractivity contribution in [2.75, 3.05) is 27.3 Å². The highest BCUT2D eigenvalue weighted by molar-refractivity contribution is 7.09. The summed E-state index contributed by atoms with van der Waals surface area (Å²) >= 11 is 1.72. The molecule has 1 heterocycles. The Morgan fingerprint density at radius 2 is 1.89 bits per heavy atom. The predicted octanol–water partition coefficient (Wildman–Crippen LogP) is 3.76. The van der Waals surface area contributed by atoms with Crippen LogP contribution in [0.2, 0.25) is 0 Å². The summed E-state index contributed by atoms with van der Waals surface area (Å²) in [6.07, 6.45) is 0.877. The van der Waals surface area contributed by atoms with Gasteiger partial charge in [0.05, 0.1) is 31.5 Å². The van der Waals surface area contributed by atoms with E-state index in [0.29, 0.717) is 12.3 Å². The van der Waals surface area contributed by atoms with Crippen LogP contribution in [0.25, 0.3) is 0 Å². The Bertz CT molecular complexity index is 781. The number of nitrogens with zero attached hydrogens (tertiary/aromatic N) is 2. The highest BCUT2D eigenvalue weighted by Crippen LogP contribution is 2.27. The van der Waals surface area contributed by atoms with Crippen molar-refractivity contribution in [2.24, 2.45) is 4.99 Å². The Labute approximate surface area is 172 Å². The fourth-order valence-electron chi connectivity index (χ4n) is 2.55. The van der Waals surface area contributed by atoms with Crippen LogP contribution in [0.5, 0.6) is 11.5 Å². The Morgan fingerprint density at radius 3 is 2.50 bits per heavy atom. The zero-order valence-electron chi connectivity index (χ0n) is 17.8. The molecule has 0 spiro atoms. The van der Waals surface area contributed by atoms with E-state index in [0.717, 1.165) is 47.5 Å². The lowest BCUT2D eigenvalue weighted by atomic mass is 9.93. The smallest absolute Gasteiger partial charge is 0.191 e. The van der Waals surface area contributed by atoms with Crippen LogP contribution >= 0.6 is 11.3 Å². The van der Waals surface area contributed by atoms with E-state index in [1.165, 1.54) is 0 Å². The fourth-order valence-corrected chi connectivity index (χ4v) is 3.57. The SMILES string of the molecule is CCNC(=NCc1ccc(OC)c(OC)c1)NCCc1nc(C(C)(C)C)cs1. The van der Waals surface area contributed by atoms with Gasteiger partial charge in [0.2, 0.25) is 0 Å². The van der Waals surface area contributed by atoms with Gasteiger partial charge in [0.1, 0.15) is 0 Å². The maximum atomic E-state index is 5.36. The Balaban J connectivity index is 1.94. The van der Waals surface area contributed by atoms with Crippen LogP contribution in [0.1, 0.15) is 44.0 Å². The van der Waals surface area contributed by atoms with Crippen molar-refractivity contribution in [1.82, 2.24) is 15.6 Å². The van der Waals surface area contributed by atoms with Crippen LogP contribution in [0.15, 0.2) is 28.6 Å². The number of thiazole rings is 1. The van der Waals surface area contributed by atoms with Crippen LogP contribution in [-0.2, 0) is 18.4 Å². The summed E-state index contributed by atoms with van der Waals surface area (Å²) < 4.78 is 10.6. The van der Waals surface area contributed by atoms with Gasteiger partial charge >= 0.3 is 0 Å². The zero-order valence-corrected chi connectivity index (χ0v) is 18.6. The maximum Gasteiger partial charge on any atom is 0.191 e. The van der Waals surface area contributed by atoms with Crippen LogP contribution in [-0.4, -0.2) is 38.3 Å². The normalized spacial score (nSPS) is 12.0. The van der Waals surface area contributed by atoms with E-state index in [9.17, 15) is 0 Å². The van der Waals surface area contributed by atoms with E-state index in [1.54, 1.807) is 25.6 Å². The molecule has 0 saturated carbocycles. The minimum atomic E-state index is 0.0952. The molecule has 0 amide bonds. The highest BCUT2D eigenvalue weighted by atomic mass is 32.1. The second-order valence-corrected chi connectivity index (χ2v) is 8.38. The molecule has 154 valence electrons. The lowest BCUT2D eigenvalue weighted by Crippen LogP contribution is -2.38. The Hall–Kier alpha value is -2.28. The molecular formula is C21H32N4O2S. The molecule has 6 nitrogen and oxygen atoms in total. The molecule has 1 aromatic heterocycles. The number of hydrogen-bond acceptors (Lipinski definition) is 5. The van der Waals surface area contributed by atoms with Gasteiger partial charge in [0, 0.05) is 30.3 Å². The summed E-state index contributed by atoms with van der Waals surface area (Å²) in [6.45, 7) is 10.8. The molecular weight excluding hydrogens is 372 g/mol. The Morgan fingerprint density at radius 1 is 1.14 bits per heavy atom. The van der Waals surface area contributed by atoms with Crippen LogP contribution in [0.3, 0.4) is 0 Å². The van der Waals surface area contributed by atoms with E-state index in [4.69, 9.17) is 14.5 Å². The van der Waals surface area contributed by atoms with Gasteiger partial charge in [-0.25, -0.2) is 9.98 Å². The molecule has 28 heavy (non-hydrogen) atoms. The predicted molar refractivity (Wildman–Crippen MR) is 117 cm³/mol. The van der Waals surface area contributed by atoms with E-state index in [-0.39, 0.29) is 5.41 Å². The van der Waals surface area contributed by atoms with Gasteiger partial charge in [-0.1, -0.05) is 26.8 Å². The minimum absolute atomic E-state index is 0.0952. The van der Waals surface area contributed by atoms with E-state index >= 15 is 0 Å². The summed E-state index contributed by atoms with van der Waals surface area (Å²) in [5.74, 6) is 2.23. The van der Waals surface area contributed by atoms with E-state index in [1.807, 2.05) is 18.2 Å². The molecule has 0 saturated heterocycles. The summed E-state index contributed by atoms with van der Waals surface area (Å²) in [6, 6.07) is 5.85. The monoisotopic (exact) mass is 404 g/mol. The lowest BCUT2D eigenvalue weighted by molar-refractivity contribution is 0.354. The molecule has 0 fully saturated rings. The van der Waals surface area contributed by atoms with E-state index < -0.39 is 0 Å². The van der Waals surface area contributed by atoms with Crippen molar-refractivity contribution < 1.29 is 9.47 Å². The minimum Gasteiger partial charge on any atom is -0.493 e. The number of rotatable bonds is 8. The molecule has 0 aliphatic rings. The first kappa shape index (κ1) is 22.0. The van der Waals surface area contributed by atoms with Crippen molar-refractivity contribution in [3.8, 4) is 11.5 Å². The number of guanidine groups is 1. The summed E-state index contributed by atoms with van der Waals surface area (Å²) in [4.78, 5) is 9.42. The average Bonchev–Trinajstić information content (AvgIpc) is 3.15. The zero-order chi connectivity index (χ0) is 20.6. The molecule has 2 N–H and O–H groups in total. The second-order valence-electron chi connectivity index (χ2n) is 7.44. The van der Waals surface area contributed by atoms with Crippen molar-refractivity contribution in [3.05, 3.63) is 39.8 Å². The van der Waals surface area contributed by atoms with Gasteiger partial charge in [0.15, 0.2) is 17.5 Å². The summed E-state index contributed by atoms with van der Waals surface area (Å²) in [7, 11) is 3.27. The molecule has 0 aliphatic carbocycles. The number of nitrogens with one attached hydrogen (secondary N) is 2.